The lowest BCUT2D eigenvalue weighted by atomic mass is 9.90. The molecule has 0 spiro atoms. The number of para-hydroxylation sites is 2. The van der Waals surface area contributed by atoms with Crippen molar-refractivity contribution in [1.29, 1.82) is 0 Å². The van der Waals surface area contributed by atoms with Gasteiger partial charge in [0.2, 0.25) is 0 Å². The van der Waals surface area contributed by atoms with Crippen LogP contribution in [0.1, 0.15) is 25.0 Å². The number of aryl methyl sites for hydroxylation is 2. The first kappa shape index (κ1) is 36.9. The molecule has 1 aromatic heterocycles. The molecule has 2 heteroatoms. The van der Waals surface area contributed by atoms with Gasteiger partial charge in [-0.05, 0) is 117 Å². The minimum Gasteiger partial charge on any atom is -0.455 e. The fourth-order valence-corrected chi connectivity index (χ4v) is 8.73. The molecule has 0 amide bonds. The minimum atomic E-state index is 0.908. The standard InChI is InChI=1S/C58H45NO/c1-3-40-38-48(54-19-13-20-56-55-18-11-12-21-57(55)60-58(54)56)30-36-52(40)53-37-35-51(39-41(53)4-2)59(49-31-26-46(27-32-49)43-16-9-6-10-17-43)50-33-28-47(29-34-50)45-24-22-44(23-25-45)42-14-7-5-8-15-42/h5-39H,3-4H2,1-2H3. The minimum absolute atomic E-state index is 0.908. The van der Waals surface area contributed by atoms with Gasteiger partial charge in [0.15, 0.2) is 0 Å². The zero-order chi connectivity index (χ0) is 40.4. The van der Waals surface area contributed by atoms with E-state index in [9.17, 15) is 0 Å². The fourth-order valence-electron chi connectivity index (χ4n) is 8.73. The molecule has 60 heavy (non-hydrogen) atoms. The van der Waals surface area contributed by atoms with Crippen LogP contribution < -0.4 is 4.90 Å². The Labute approximate surface area is 352 Å². The highest BCUT2D eigenvalue weighted by molar-refractivity contribution is 6.09. The van der Waals surface area contributed by atoms with Crippen LogP contribution in [0.5, 0.6) is 0 Å². The Morgan fingerprint density at radius 2 is 0.767 bits per heavy atom. The van der Waals surface area contributed by atoms with Crippen molar-refractivity contribution in [2.75, 3.05) is 4.90 Å². The zero-order valence-corrected chi connectivity index (χ0v) is 34.0. The predicted octanol–water partition coefficient (Wildman–Crippen LogP) is 16.5. The number of hydrogen-bond donors (Lipinski definition) is 0. The maximum Gasteiger partial charge on any atom is 0.143 e. The molecule has 0 radical (unpaired) electrons. The van der Waals surface area contributed by atoms with Crippen LogP contribution in [0, 0.1) is 0 Å². The van der Waals surface area contributed by atoms with Gasteiger partial charge in [-0.25, -0.2) is 0 Å². The summed E-state index contributed by atoms with van der Waals surface area (Å²) in [5.74, 6) is 0. The Hall–Kier alpha value is -7.42. The smallest absolute Gasteiger partial charge is 0.143 e. The molecule has 0 bridgehead atoms. The summed E-state index contributed by atoms with van der Waals surface area (Å²) in [4.78, 5) is 2.39. The maximum atomic E-state index is 6.44. The maximum absolute atomic E-state index is 6.44. The molecule has 9 aromatic carbocycles. The number of rotatable bonds is 10. The Balaban J connectivity index is 1.01. The summed E-state index contributed by atoms with van der Waals surface area (Å²) in [7, 11) is 0. The van der Waals surface area contributed by atoms with Gasteiger partial charge in [-0.15, -0.1) is 0 Å². The van der Waals surface area contributed by atoms with E-state index in [1.165, 1.54) is 61.2 Å². The van der Waals surface area contributed by atoms with Gasteiger partial charge in [-0.3, -0.25) is 0 Å². The van der Waals surface area contributed by atoms with Crippen molar-refractivity contribution >= 4 is 39.0 Å². The van der Waals surface area contributed by atoms with Gasteiger partial charge in [-0.1, -0.05) is 184 Å². The molecule has 0 saturated heterocycles. The van der Waals surface area contributed by atoms with Crippen molar-refractivity contribution in [3.63, 3.8) is 0 Å². The van der Waals surface area contributed by atoms with Gasteiger partial charge in [-0.2, -0.15) is 0 Å². The number of fused-ring (bicyclic) bond motifs is 3. The quantitative estimate of drug-likeness (QED) is 0.138. The van der Waals surface area contributed by atoms with Gasteiger partial charge < -0.3 is 9.32 Å². The lowest BCUT2D eigenvalue weighted by molar-refractivity contribution is 0.670. The summed E-state index contributed by atoms with van der Waals surface area (Å²) in [5, 5.41) is 2.31. The fraction of sp³-hybridized carbons (Fsp3) is 0.0690. The van der Waals surface area contributed by atoms with Crippen molar-refractivity contribution in [3.05, 3.63) is 223 Å². The number of furan rings is 1. The van der Waals surface area contributed by atoms with Gasteiger partial charge in [0.1, 0.15) is 11.2 Å². The molecule has 0 saturated carbocycles. The van der Waals surface area contributed by atoms with Crippen LogP contribution in [0.3, 0.4) is 0 Å². The van der Waals surface area contributed by atoms with Crippen molar-refractivity contribution in [2.45, 2.75) is 26.7 Å². The lowest BCUT2D eigenvalue weighted by Crippen LogP contribution is -2.10. The molecule has 288 valence electrons. The summed E-state index contributed by atoms with van der Waals surface area (Å²) < 4.78 is 6.44. The summed E-state index contributed by atoms with van der Waals surface area (Å²) in [6.07, 6.45) is 1.83. The summed E-state index contributed by atoms with van der Waals surface area (Å²) >= 11 is 0. The zero-order valence-electron chi connectivity index (χ0n) is 34.0. The Morgan fingerprint density at radius 1 is 0.333 bits per heavy atom. The van der Waals surface area contributed by atoms with Crippen LogP contribution in [-0.4, -0.2) is 0 Å². The first-order valence-corrected chi connectivity index (χ1v) is 21.0. The third-order valence-electron chi connectivity index (χ3n) is 11.9. The molecule has 0 aliphatic heterocycles. The first-order valence-electron chi connectivity index (χ1n) is 21.0. The Kier molecular flexibility index (Phi) is 9.89. The van der Waals surface area contributed by atoms with Crippen LogP contribution in [0.4, 0.5) is 17.1 Å². The molecule has 0 N–H and O–H groups in total. The second-order valence-corrected chi connectivity index (χ2v) is 15.4. The molecular weight excluding hydrogens is 727 g/mol. The van der Waals surface area contributed by atoms with E-state index < -0.39 is 0 Å². The third kappa shape index (κ3) is 6.97. The lowest BCUT2D eigenvalue weighted by Gasteiger charge is -2.27. The number of anilines is 3. The predicted molar refractivity (Wildman–Crippen MR) is 254 cm³/mol. The topological polar surface area (TPSA) is 16.4 Å². The Morgan fingerprint density at radius 3 is 1.33 bits per heavy atom. The van der Waals surface area contributed by atoms with Crippen LogP contribution >= 0.6 is 0 Å². The van der Waals surface area contributed by atoms with Crippen molar-refractivity contribution in [3.8, 4) is 55.6 Å². The molecule has 0 aliphatic carbocycles. The largest absolute Gasteiger partial charge is 0.455 e. The normalized spacial score (nSPS) is 11.3. The number of hydrogen-bond acceptors (Lipinski definition) is 2. The SMILES string of the molecule is CCc1cc(-c2cccc3c2oc2ccccc23)ccc1-c1ccc(N(c2ccc(-c3ccccc3)cc2)c2ccc(-c3ccc(-c4ccccc4)cc3)cc2)cc1CC. The Bertz CT molecular complexity index is 3070. The van der Waals surface area contributed by atoms with E-state index in [4.69, 9.17) is 4.42 Å². The van der Waals surface area contributed by atoms with Gasteiger partial charge >= 0.3 is 0 Å². The molecule has 2 nitrogen and oxygen atoms in total. The molecule has 1 heterocycles. The second-order valence-electron chi connectivity index (χ2n) is 15.4. The molecule has 0 unspecified atom stereocenters. The van der Waals surface area contributed by atoms with Crippen molar-refractivity contribution in [1.82, 2.24) is 0 Å². The summed E-state index contributed by atoms with van der Waals surface area (Å²) in [6, 6.07) is 76.7. The van der Waals surface area contributed by atoms with Crippen LogP contribution in [-0.2, 0) is 12.8 Å². The van der Waals surface area contributed by atoms with E-state index in [0.717, 1.165) is 57.4 Å². The monoisotopic (exact) mass is 771 g/mol. The van der Waals surface area contributed by atoms with Crippen LogP contribution in [0.2, 0.25) is 0 Å². The summed E-state index contributed by atoms with van der Waals surface area (Å²) in [6.45, 7) is 4.52. The average Bonchev–Trinajstić information content (AvgIpc) is 3.72. The summed E-state index contributed by atoms with van der Waals surface area (Å²) in [5.41, 5.74) is 20.0. The third-order valence-corrected chi connectivity index (χ3v) is 11.9. The van der Waals surface area contributed by atoms with E-state index >= 15 is 0 Å². The van der Waals surface area contributed by atoms with Crippen molar-refractivity contribution in [2.24, 2.45) is 0 Å². The van der Waals surface area contributed by atoms with Gasteiger partial charge in [0.25, 0.3) is 0 Å². The average molecular weight is 772 g/mol. The van der Waals surface area contributed by atoms with Gasteiger partial charge in [0, 0.05) is 33.4 Å². The van der Waals surface area contributed by atoms with Crippen molar-refractivity contribution < 1.29 is 4.42 Å². The highest BCUT2D eigenvalue weighted by atomic mass is 16.3. The van der Waals surface area contributed by atoms with E-state index in [2.05, 4.69) is 225 Å². The number of benzene rings is 9. The van der Waals surface area contributed by atoms with E-state index in [-0.39, 0.29) is 0 Å². The molecular formula is C58H45NO. The van der Waals surface area contributed by atoms with E-state index in [0.29, 0.717) is 0 Å². The highest BCUT2D eigenvalue weighted by Gasteiger charge is 2.18. The molecule has 0 fully saturated rings. The van der Waals surface area contributed by atoms with E-state index in [1.54, 1.807) is 0 Å². The van der Waals surface area contributed by atoms with Crippen LogP contribution in [0.25, 0.3) is 77.6 Å². The number of nitrogens with zero attached hydrogens (tertiary/aromatic N) is 1. The molecule has 10 rings (SSSR count). The molecule has 10 aromatic rings. The molecule has 0 atom stereocenters. The van der Waals surface area contributed by atoms with Gasteiger partial charge in [0.05, 0.1) is 0 Å². The second kappa shape index (κ2) is 16.1. The molecule has 0 aliphatic rings. The van der Waals surface area contributed by atoms with Crippen LogP contribution in [0.15, 0.2) is 217 Å². The highest BCUT2D eigenvalue weighted by Crippen LogP contribution is 2.42. The van der Waals surface area contributed by atoms with E-state index in [1.807, 2.05) is 6.07 Å². The first-order chi connectivity index (χ1) is 29.6.